The predicted octanol–water partition coefficient (Wildman–Crippen LogP) is 0.505. The van der Waals surface area contributed by atoms with Crippen LogP contribution in [0.15, 0.2) is 0 Å². The van der Waals surface area contributed by atoms with Crippen LogP contribution in [0.25, 0.3) is 0 Å². The summed E-state index contributed by atoms with van der Waals surface area (Å²) in [5.41, 5.74) is 2.09. The van der Waals surface area contributed by atoms with Crippen molar-refractivity contribution in [1.82, 2.24) is 5.43 Å². The van der Waals surface area contributed by atoms with Crippen LogP contribution in [0.1, 0.15) is 25.7 Å². The van der Waals surface area contributed by atoms with Crippen molar-refractivity contribution in [2.45, 2.75) is 31.9 Å². The van der Waals surface area contributed by atoms with Crippen LogP contribution < -0.4 is 11.3 Å². The van der Waals surface area contributed by atoms with Gasteiger partial charge in [-0.2, -0.15) is 0 Å². The SMILES string of the molecule is NNC(=O)[C@H]1CC[C@@H](F)CC1. The summed E-state index contributed by atoms with van der Waals surface area (Å²) < 4.78 is 12.6. The van der Waals surface area contributed by atoms with Gasteiger partial charge < -0.3 is 0 Å². The van der Waals surface area contributed by atoms with E-state index in [1.807, 2.05) is 0 Å². The summed E-state index contributed by atoms with van der Waals surface area (Å²) in [6.45, 7) is 0. The van der Waals surface area contributed by atoms with Gasteiger partial charge in [-0.3, -0.25) is 10.2 Å². The number of halogens is 1. The Hall–Kier alpha value is -0.640. The number of nitrogens with one attached hydrogen (secondary N) is 1. The minimum atomic E-state index is -0.711. The molecule has 64 valence electrons. The van der Waals surface area contributed by atoms with Crippen LogP contribution in [0, 0.1) is 5.92 Å². The average Bonchev–Trinajstić information content (AvgIpc) is 2.05. The standard InChI is InChI=1S/C7H13FN2O/c8-6-3-1-5(2-4-6)7(11)10-9/h5-6H,1-4,9H2,(H,10,11)/t5-,6+. The summed E-state index contributed by atoms with van der Waals surface area (Å²) in [4.78, 5) is 10.9. The molecule has 4 heteroatoms. The summed E-state index contributed by atoms with van der Waals surface area (Å²) in [6, 6.07) is 0. The lowest BCUT2D eigenvalue weighted by Crippen LogP contribution is -2.37. The normalized spacial score (nSPS) is 31.5. The number of rotatable bonds is 1. The van der Waals surface area contributed by atoms with E-state index in [1.54, 1.807) is 0 Å². The molecule has 1 aliphatic carbocycles. The molecule has 1 amide bonds. The van der Waals surface area contributed by atoms with E-state index in [1.165, 1.54) is 0 Å². The number of carbonyl (C=O) groups excluding carboxylic acids is 1. The molecule has 1 aliphatic rings. The van der Waals surface area contributed by atoms with Crippen molar-refractivity contribution in [3.8, 4) is 0 Å². The molecule has 0 aromatic heterocycles. The largest absolute Gasteiger partial charge is 0.294 e. The van der Waals surface area contributed by atoms with Crippen LogP contribution in [-0.4, -0.2) is 12.1 Å². The van der Waals surface area contributed by atoms with Gasteiger partial charge in [0, 0.05) is 5.92 Å². The third kappa shape index (κ3) is 2.15. The van der Waals surface area contributed by atoms with Gasteiger partial charge in [-0.05, 0) is 25.7 Å². The van der Waals surface area contributed by atoms with Gasteiger partial charge in [0.1, 0.15) is 6.17 Å². The van der Waals surface area contributed by atoms with Gasteiger partial charge in [0.05, 0.1) is 0 Å². The molecule has 1 rings (SSSR count). The van der Waals surface area contributed by atoms with Gasteiger partial charge in [0.15, 0.2) is 0 Å². The zero-order chi connectivity index (χ0) is 8.27. The van der Waals surface area contributed by atoms with Gasteiger partial charge >= 0.3 is 0 Å². The first-order valence-electron chi connectivity index (χ1n) is 3.88. The van der Waals surface area contributed by atoms with Crippen molar-refractivity contribution >= 4 is 5.91 Å². The Morgan fingerprint density at radius 2 is 1.91 bits per heavy atom. The topological polar surface area (TPSA) is 55.1 Å². The molecule has 0 unspecified atom stereocenters. The number of hydrazine groups is 1. The monoisotopic (exact) mass is 160 g/mol. The fourth-order valence-corrected chi connectivity index (χ4v) is 1.43. The summed E-state index contributed by atoms with van der Waals surface area (Å²) in [7, 11) is 0. The van der Waals surface area contributed by atoms with Gasteiger partial charge in [-0.1, -0.05) is 0 Å². The first-order chi connectivity index (χ1) is 5.24. The third-order valence-electron chi connectivity index (χ3n) is 2.17. The van der Waals surface area contributed by atoms with Crippen LogP contribution in [0.4, 0.5) is 4.39 Å². The zero-order valence-corrected chi connectivity index (χ0v) is 6.35. The van der Waals surface area contributed by atoms with Crippen LogP contribution in [0.3, 0.4) is 0 Å². The number of alkyl halides is 1. The van der Waals surface area contributed by atoms with E-state index in [-0.39, 0.29) is 11.8 Å². The summed E-state index contributed by atoms with van der Waals surface area (Å²) in [6.07, 6.45) is 1.54. The van der Waals surface area contributed by atoms with Crippen molar-refractivity contribution in [2.24, 2.45) is 11.8 Å². The number of amides is 1. The lowest BCUT2D eigenvalue weighted by atomic mass is 9.88. The van der Waals surface area contributed by atoms with Crippen molar-refractivity contribution in [2.75, 3.05) is 0 Å². The molecule has 0 aromatic rings. The van der Waals surface area contributed by atoms with E-state index >= 15 is 0 Å². The predicted molar refractivity (Wildman–Crippen MR) is 39.2 cm³/mol. The Kier molecular flexibility index (Phi) is 2.82. The molecule has 0 aliphatic heterocycles. The highest BCUT2D eigenvalue weighted by Crippen LogP contribution is 2.25. The first-order valence-corrected chi connectivity index (χ1v) is 3.88. The van der Waals surface area contributed by atoms with Gasteiger partial charge in [-0.25, -0.2) is 10.2 Å². The summed E-state index contributed by atoms with van der Waals surface area (Å²) in [5.74, 6) is 4.73. The zero-order valence-electron chi connectivity index (χ0n) is 6.35. The second-order valence-corrected chi connectivity index (χ2v) is 2.96. The Bertz CT molecular complexity index is 143. The molecule has 0 bridgehead atoms. The van der Waals surface area contributed by atoms with Gasteiger partial charge in [0.25, 0.3) is 0 Å². The highest BCUT2D eigenvalue weighted by atomic mass is 19.1. The second kappa shape index (κ2) is 3.67. The van der Waals surface area contributed by atoms with E-state index in [0.29, 0.717) is 25.7 Å². The Labute approximate surface area is 65.1 Å². The van der Waals surface area contributed by atoms with Crippen molar-refractivity contribution in [3.05, 3.63) is 0 Å². The molecule has 0 radical (unpaired) electrons. The molecule has 1 saturated carbocycles. The Morgan fingerprint density at radius 3 is 2.36 bits per heavy atom. The van der Waals surface area contributed by atoms with Crippen LogP contribution in [-0.2, 0) is 4.79 Å². The average molecular weight is 160 g/mol. The Morgan fingerprint density at radius 1 is 1.36 bits per heavy atom. The van der Waals surface area contributed by atoms with Crippen LogP contribution in [0.2, 0.25) is 0 Å². The smallest absolute Gasteiger partial charge is 0.236 e. The summed E-state index contributed by atoms with van der Waals surface area (Å²) >= 11 is 0. The highest BCUT2D eigenvalue weighted by Gasteiger charge is 2.25. The molecular weight excluding hydrogens is 147 g/mol. The van der Waals surface area contributed by atoms with E-state index in [2.05, 4.69) is 5.43 Å². The summed E-state index contributed by atoms with van der Waals surface area (Å²) in [5, 5.41) is 0. The van der Waals surface area contributed by atoms with E-state index in [0.717, 1.165) is 0 Å². The van der Waals surface area contributed by atoms with Crippen molar-refractivity contribution < 1.29 is 9.18 Å². The number of nitrogens with two attached hydrogens (primary N) is 1. The molecule has 3 nitrogen and oxygen atoms in total. The van der Waals surface area contributed by atoms with E-state index < -0.39 is 6.17 Å². The fourth-order valence-electron chi connectivity index (χ4n) is 1.43. The van der Waals surface area contributed by atoms with Gasteiger partial charge in [-0.15, -0.1) is 0 Å². The van der Waals surface area contributed by atoms with Crippen molar-refractivity contribution in [3.63, 3.8) is 0 Å². The number of hydrogen-bond acceptors (Lipinski definition) is 2. The molecule has 0 heterocycles. The second-order valence-electron chi connectivity index (χ2n) is 2.96. The third-order valence-corrected chi connectivity index (χ3v) is 2.17. The van der Waals surface area contributed by atoms with Gasteiger partial charge in [0.2, 0.25) is 5.91 Å². The molecule has 0 atom stereocenters. The minimum Gasteiger partial charge on any atom is -0.294 e. The maximum absolute atomic E-state index is 12.6. The number of carbonyl (C=O) groups is 1. The highest BCUT2D eigenvalue weighted by molar-refractivity contribution is 5.77. The van der Waals surface area contributed by atoms with Crippen LogP contribution >= 0.6 is 0 Å². The molecule has 3 N–H and O–H groups in total. The quantitative estimate of drug-likeness (QED) is 0.333. The van der Waals surface area contributed by atoms with Crippen LogP contribution in [0.5, 0.6) is 0 Å². The number of hydrogen-bond donors (Lipinski definition) is 2. The van der Waals surface area contributed by atoms with E-state index in [9.17, 15) is 9.18 Å². The fraction of sp³-hybridized carbons (Fsp3) is 0.857. The molecule has 0 saturated heterocycles. The lowest BCUT2D eigenvalue weighted by Gasteiger charge is -2.22. The minimum absolute atomic E-state index is 0.0630. The molecule has 0 aromatic carbocycles. The molecule has 1 fully saturated rings. The maximum atomic E-state index is 12.6. The lowest BCUT2D eigenvalue weighted by molar-refractivity contribution is -0.126. The maximum Gasteiger partial charge on any atom is 0.236 e. The molecule has 0 spiro atoms. The van der Waals surface area contributed by atoms with E-state index in [4.69, 9.17) is 5.84 Å². The Balaban J connectivity index is 2.33. The first kappa shape index (κ1) is 8.46. The van der Waals surface area contributed by atoms with Crippen molar-refractivity contribution in [1.29, 1.82) is 0 Å². The molecular formula is C7H13FN2O. The molecule has 11 heavy (non-hydrogen) atoms.